The second-order valence-electron chi connectivity index (χ2n) is 4.96. The van der Waals surface area contributed by atoms with Crippen LogP contribution in [0, 0.1) is 5.92 Å². The number of hydrogen-bond acceptors (Lipinski definition) is 3. The third kappa shape index (κ3) is 8.37. The molecule has 110 valence electrons. The number of carbonyl (C=O) groups is 2. The van der Waals surface area contributed by atoms with Gasteiger partial charge in [-0.1, -0.05) is 19.9 Å². The van der Waals surface area contributed by atoms with Crippen LogP contribution in [0.3, 0.4) is 0 Å². The fourth-order valence-corrected chi connectivity index (χ4v) is 1.39. The molecular formula is C14H25NO4. The lowest BCUT2D eigenvalue weighted by Gasteiger charge is -2.18. The largest absolute Gasteiger partial charge is 0.480 e. The van der Waals surface area contributed by atoms with Crippen LogP contribution in [0.4, 0.5) is 0 Å². The Labute approximate surface area is 115 Å². The summed E-state index contributed by atoms with van der Waals surface area (Å²) in [5.74, 6) is -0.917. The van der Waals surface area contributed by atoms with Crippen molar-refractivity contribution in [3.63, 3.8) is 0 Å². The molecule has 5 nitrogen and oxygen atoms in total. The van der Waals surface area contributed by atoms with Crippen LogP contribution in [0.1, 0.15) is 40.0 Å². The molecule has 2 atom stereocenters. The van der Waals surface area contributed by atoms with Crippen molar-refractivity contribution in [1.82, 2.24) is 5.32 Å². The fraction of sp³-hybridized carbons (Fsp3) is 0.714. The van der Waals surface area contributed by atoms with Crippen molar-refractivity contribution in [3.05, 3.63) is 12.7 Å². The van der Waals surface area contributed by atoms with E-state index in [0.717, 1.165) is 6.42 Å². The number of allylic oxidation sites excluding steroid dienone is 1. The van der Waals surface area contributed by atoms with E-state index in [1.165, 1.54) is 0 Å². The van der Waals surface area contributed by atoms with Gasteiger partial charge in [0.25, 0.3) is 0 Å². The number of ether oxygens (including phenoxy) is 1. The predicted molar refractivity (Wildman–Crippen MR) is 73.9 cm³/mol. The van der Waals surface area contributed by atoms with Gasteiger partial charge in [-0.2, -0.15) is 0 Å². The zero-order chi connectivity index (χ0) is 14.8. The number of nitrogens with one attached hydrogen (secondary N) is 1. The third-order valence-corrected chi connectivity index (χ3v) is 2.71. The van der Waals surface area contributed by atoms with Crippen LogP contribution in [-0.4, -0.2) is 35.7 Å². The van der Waals surface area contributed by atoms with Crippen molar-refractivity contribution in [2.75, 3.05) is 6.61 Å². The number of carboxylic acid groups (broad SMARTS) is 1. The van der Waals surface area contributed by atoms with Crippen molar-refractivity contribution >= 4 is 11.9 Å². The van der Waals surface area contributed by atoms with Crippen LogP contribution in [-0.2, 0) is 14.3 Å². The molecule has 0 rings (SSSR count). The highest BCUT2D eigenvalue weighted by Gasteiger charge is 2.22. The van der Waals surface area contributed by atoms with Gasteiger partial charge in [-0.05, 0) is 32.1 Å². The SMILES string of the molecule is C=CCCC(NC(=O)C(C)OCCC(C)C)C(=O)O. The van der Waals surface area contributed by atoms with Gasteiger partial charge in [0.1, 0.15) is 12.1 Å². The van der Waals surface area contributed by atoms with Crippen LogP contribution in [0.25, 0.3) is 0 Å². The van der Waals surface area contributed by atoms with E-state index in [0.29, 0.717) is 25.4 Å². The molecule has 0 spiro atoms. The van der Waals surface area contributed by atoms with Gasteiger partial charge in [0.15, 0.2) is 0 Å². The molecule has 0 saturated carbocycles. The number of hydrogen-bond donors (Lipinski definition) is 2. The first-order valence-electron chi connectivity index (χ1n) is 6.64. The summed E-state index contributed by atoms with van der Waals surface area (Å²) in [4.78, 5) is 22.7. The molecule has 2 N–H and O–H groups in total. The summed E-state index contributed by atoms with van der Waals surface area (Å²) in [6, 6.07) is -0.887. The first-order valence-corrected chi connectivity index (χ1v) is 6.64. The van der Waals surface area contributed by atoms with E-state index in [1.54, 1.807) is 13.0 Å². The Morgan fingerprint density at radius 3 is 2.42 bits per heavy atom. The van der Waals surface area contributed by atoms with E-state index in [4.69, 9.17) is 9.84 Å². The van der Waals surface area contributed by atoms with E-state index in [9.17, 15) is 9.59 Å². The summed E-state index contributed by atoms with van der Waals surface area (Å²) >= 11 is 0. The molecule has 0 bridgehead atoms. The molecule has 5 heteroatoms. The molecule has 0 aliphatic heterocycles. The van der Waals surface area contributed by atoms with Gasteiger partial charge in [0.2, 0.25) is 5.91 Å². The topological polar surface area (TPSA) is 75.6 Å². The Kier molecular flexibility index (Phi) is 8.87. The standard InChI is InChI=1S/C14H25NO4/c1-5-6-7-12(14(17)18)15-13(16)11(4)19-9-8-10(2)3/h5,10-12H,1,6-9H2,2-4H3,(H,15,16)(H,17,18). The second-order valence-corrected chi connectivity index (χ2v) is 4.96. The molecule has 0 aromatic rings. The van der Waals surface area contributed by atoms with Crippen molar-refractivity contribution in [3.8, 4) is 0 Å². The van der Waals surface area contributed by atoms with Gasteiger partial charge in [-0.3, -0.25) is 4.79 Å². The highest BCUT2D eigenvalue weighted by atomic mass is 16.5. The summed E-state index contributed by atoms with van der Waals surface area (Å²) in [6.45, 7) is 9.80. The molecule has 0 fully saturated rings. The smallest absolute Gasteiger partial charge is 0.326 e. The van der Waals surface area contributed by atoms with Crippen LogP contribution in [0.5, 0.6) is 0 Å². The fourth-order valence-electron chi connectivity index (χ4n) is 1.39. The molecule has 0 aliphatic carbocycles. The summed E-state index contributed by atoms with van der Waals surface area (Å²) in [6.07, 6.45) is 2.74. The lowest BCUT2D eigenvalue weighted by atomic mass is 10.1. The van der Waals surface area contributed by atoms with Crippen LogP contribution < -0.4 is 5.32 Å². The van der Waals surface area contributed by atoms with Crippen LogP contribution in [0.15, 0.2) is 12.7 Å². The maximum absolute atomic E-state index is 11.8. The van der Waals surface area contributed by atoms with Gasteiger partial charge in [-0.25, -0.2) is 4.79 Å². The minimum atomic E-state index is -1.04. The molecule has 1 amide bonds. The number of rotatable bonds is 10. The Bertz CT molecular complexity index is 302. The number of amides is 1. The molecular weight excluding hydrogens is 246 g/mol. The Hall–Kier alpha value is -1.36. The first-order chi connectivity index (χ1) is 8.88. The van der Waals surface area contributed by atoms with Gasteiger partial charge < -0.3 is 15.2 Å². The Balaban J connectivity index is 4.15. The third-order valence-electron chi connectivity index (χ3n) is 2.71. The number of carboxylic acids is 1. The van der Waals surface area contributed by atoms with Gasteiger partial charge in [0.05, 0.1) is 0 Å². The second kappa shape index (κ2) is 9.55. The monoisotopic (exact) mass is 271 g/mol. The van der Waals surface area contributed by atoms with Crippen molar-refractivity contribution in [2.45, 2.75) is 52.2 Å². The highest BCUT2D eigenvalue weighted by Crippen LogP contribution is 2.03. The van der Waals surface area contributed by atoms with E-state index >= 15 is 0 Å². The highest BCUT2D eigenvalue weighted by molar-refractivity contribution is 5.86. The quantitative estimate of drug-likeness (QED) is 0.596. The average Bonchev–Trinajstić information content (AvgIpc) is 2.33. The van der Waals surface area contributed by atoms with Gasteiger partial charge >= 0.3 is 5.97 Å². The molecule has 0 saturated heterocycles. The zero-order valence-electron chi connectivity index (χ0n) is 12.0. The van der Waals surface area contributed by atoms with Gasteiger partial charge in [0, 0.05) is 6.61 Å². The maximum Gasteiger partial charge on any atom is 0.326 e. The zero-order valence-corrected chi connectivity index (χ0v) is 12.0. The number of carbonyl (C=O) groups excluding carboxylic acids is 1. The van der Waals surface area contributed by atoms with E-state index in [-0.39, 0.29) is 5.91 Å². The minimum Gasteiger partial charge on any atom is -0.480 e. The lowest BCUT2D eigenvalue weighted by molar-refractivity contribution is -0.144. The summed E-state index contributed by atoms with van der Waals surface area (Å²) < 4.78 is 5.37. The van der Waals surface area contributed by atoms with Crippen molar-refractivity contribution < 1.29 is 19.4 Å². The average molecular weight is 271 g/mol. The molecule has 2 unspecified atom stereocenters. The van der Waals surface area contributed by atoms with Gasteiger partial charge in [-0.15, -0.1) is 6.58 Å². The first kappa shape index (κ1) is 17.6. The van der Waals surface area contributed by atoms with E-state index < -0.39 is 18.1 Å². The molecule has 0 radical (unpaired) electrons. The van der Waals surface area contributed by atoms with E-state index in [1.807, 2.05) is 0 Å². The van der Waals surface area contributed by atoms with Crippen LogP contribution in [0.2, 0.25) is 0 Å². The van der Waals surface area contributed by atoms with Crippen LogP contribution >= 0.6 is 0 Å². The molecule has 0 aromatic heterocycles. The Morgan fingerprint density at radius 2 is 1.95 bits per heavy atom. The van der Waals surface area contributed by atoms with E-state index in [2.05, 4.69) is 25.7 Å². The summed E-state index contributed by atoms with van der Waals surface area (Å²) in [7, 11) is 0. The molecule has 0 aromatic carbocycles. The summed E-state index contributed by atoms with van der Waals surface area (Å²) in [5.41, 5.74) is 0. The van der Waals surface area contributed by atoms with Crippen molar-refractivity contribution in [1.29, 1.82) is 0 Å². The predicted octanol–water partition coefficient (Wildman–Crippen LogP) is 1.97. The summed E-state index contributed by atoms with van der Waals surface area (Å²) in [5, 5.41) is 11.5. The Morgan fingerprint density at radius 1 is 1.32 bits per heavy atom. The molecule has 0 heterocycles. The normalized spacial score (nSPS) is 13.9. The molecule has 19 heavy (non-hydrogen) atoms. The molecule has 0 aliphatic rings. The maximum atomic E-state index is 11.8. The minimum absolute atomic E-state index is 0.337. The van der Waals surface area contributed by atoms with Crippen molar-refractivity contribution in [2.24, 2.45) is 5.92 Å². The lowest BCUT2D eigenvalue weighted by Crippen LogP contribution is -2.45. The number of aliphatic carboxylic acids is 1.